The number of ether oxygens (including phenoxy) is 24. The van der Waals surface area contributed by atoms with Gasteiger partial charge in [-0.15, -0.1) is 0 Å². The Labute approximate surface area is 673 Å². The SMILES string of the molecule is CC(=O)OC[C@@H]1O[C@@H](Oc2ccc(COC(=O)Oc3ccc([N+](=O)[O-])cc3)cc2)C(OC(C)=O)C(C)[C@@H]1O[C@@H]1OC(CO[C@H]2OC[C@@H](C)[C@H](C)C2OC(C)=O)[C@@H](O[C@@H]2O[C@@H](CO[C@H]3OC[C@@H](C)C(C)C3OC(C)=O)[C@@H](O[C@@H]3OC(CO[C@H]4OC[C@@H](C)[C@H](C)C4OC(C)=O)[C@@H](C)[C@H](C)C3OC(C)=O)C(C)C2OC(C)=O)[C@H](C)C1OC(C)=O. The molecule has 0 aliphatic carbocycles. The monoisotopic (exact) mass is 1650 g/mol. The Morgan fingerprint density at radius 2 is 0.655 bits per heavy atom. The molecule has 0 amide bonds. The van der Waals surface area contributed by atoms with Crippen molar-refractivity contribution in [1.29, 1.82) is 0 Å². The average Bonchev–Trinajstić information content (AvgIpc) is 0.762. The van der Waals surface area contributed by atoms with Gasteiger partial charge in [0.1, 0.15) is 43.0 Å². The summed E-state index contributed by atoms with van der Waals surface area (Å²) in [7, 11) is 0. The highest BCUT2D eigenvalue weighted by Gasteiger charge is 2.58. The molecule has 648 valence electrons. The van der Waals surface area contributed by atoms with Crippen LogP contribution in [0.1, 0.15) is 137 Å². The zero-order valence-corrected chi connectivity index (χ0v) is 69.0. The van der Waals surface area contributed by atoms with E-state index in [4.69, 9.17) is 114 Å². The summed E-state index contributed by atoms with van der Waals surface area (Å²) in [4.78, 5) is 128. The fourth-order valence-corrected chi connectivity index (χ4v) is 15.3. The molecule has 7 heterocycles. The van der Waals surface area contributed by atoms with Crippen LogP contribution < -0.4 is 9.47 Å². The molecule has 7 fully saturated rings. The van der Waals surface area contributed by atoms with Crippen LogP contribution >= 0.6 is 0 Å². The van der Waals surface area contributed by atoms with Gasteiger partial charge in [-0.05, 0) is 53.5 Å². The maximum absolute atomic E-state index is 13.8. The smallest absolute Gasteiger partial charge is 0.463 e. The van der Waals surface area contributed by atoms with Gasteiger partial charge in [0.05, 0.1) is 69.0 Å². The fraction of sp³-hybridized carbons (Fsp3) is 0.738. The number of nitrogens with zero attached hydrogens (tertiary/aromatic N) is 1. The van der Waals surface area contributed by atoms with E-state index in [1.807, 2.05) is 55.4 Å². The van der Waals surface area contributed by atoms with Gasteiger partial charge in [0, 0.05) is 109 Å². The molecule has 116 heavy (non-hydrogen) atoms. The van der Waals surface area contributed by atoms with E-state index < -0.39 is 232 Å². The van der Waals surface area contributed by atoms with Crippen molar-refractivity contribution in [2.24, 2.45) is 65.1 Å². The van der Waals surface area contributed by atoms with Crippen LogP contribution in [0.5, 0.6) is 11.5 Å². The van der Waals surface area contributed by atoms with E-state index in [0.29, 0.717) is 12.2 Å². The highest BCUT2D eigenvalue weighted by Crippen LogP contribution is 2.44. The molecule has 7 saturated heterocycles. The highest BCUT2D eigenvalue weighted by molar-refractivity contribution is 5.69. The molecule has 32 atom stereocenters. The molecule has 0 saturated carbocycles. The maximum Gasteiger partial charge on any atom is 0.514 e. The Hall–Kier alpha value is -7.85. The lowest BCUT2D eigenvalue weighted by Crippen LogP contribution is -2.65. The number of esters is 8. The number of carbonyl (C=O) groups excluding carboxylic acids is 9. The summed E-state index contributed by atoms with van der Waals surface area (Å²) < 4.78 is 152. The minimum atomic E-state index is -1.65. The molecule has 2 aromatic carbocycles. The molecular weight excluding hydrogens is 1530 g/mol. The van der Waals surface area contributed by atoms with Crippen molar-refractivity contribution >= 4 is 59.6 Å². The molecule has 0 spiro atoms. The first-order valence-electron chi connectivity index (χ1n) is 39.3. The van der Waals surface area contributed by atoms with Crippen LogP contribution in [0.3, 0.4) is 0 Å². The van der Waals surface area contributed by atoms with Crippen molar-refractivity contribution in [1.82, 2.24) is 0 Å². The third-order valence-electron chi connectivity index (χ3n) is 22.6. The van der Waals surface area contributed by atoms with Crippen LogP contribution in [0.4, 0.5) is 10.5 Å². The number of hydrogen-bond acceptors (Lipinski definition) is 35. The van der Waals surface area contributed by atoms with Gasteiger partial charge in [-0.1, -0.05) is 88.3 Å². The van der Waals surface area contributed by atoms with Crippen LogP contribution in [-0.4, -0.2) is 235 Å². The predicted molar refractivity (Wildman–Crippen MR) is 394 cm³/mol. The lowest BCUT2D eigenvalue weighted by molar-refractivity contribution is -0.384. The summed E-state index contributed by atoms with van der Waals surface area (Å²) in [5, 5.41) is 11.1. The van der Waals surface area contributed by atoms with Crippen LogP contribution in [-0.2, 0) is 149 Å². The van der Waals surface area contributed by atoms with Gasteiger partial charge in [0.25, 0.3) is 5.69 Å². The Bertz CT molecular complexity index is 3640. The number of nitro benzene ring substituents is 1. The zero-order chi connectivity index (χ0) is 84.8. The van der Waals surface area contributed by atoms with Crippen LogP contribution in [0, 0.1) is 75.2 Å². The van der Waals surface area contributed by atoms with E-state index in [9.17, 15) is 53.3 Å². The first kappa shape index (κ1) is 92.0. The van der Waals surface area contributed by atoms with Gasteiger partial charge in [-0.2, -0.15) is 0 Å². The molecule has 0 bridgehead atoms. The third kappa shape index (κ3) is 24.2. The van der Waals surface area contributed by atoms with E-state index in [1.165, 1.54) is 72.7 Å². The second-order valence-corrected chi connectivity index (χ2v) is 31.4. The summed E-state index contributed by atoms with van der Waals surface area (Å²) in [6.07, 6.45) is -27.3. The van der Waals surface area contributed by atoms with Crippen molar-refractivity contribution in [3.8, 4) is 11.5 Å². The summed E-state index contributed by atoms with van der Waals surface area (Å²) in [5.41, 5.74) is 0.261. The fourth-order valence-electron chi connectivity index (χ4n) is 15.3. The maximum atomic E-state index is 13.8. The summed E-state index contributed by atoms with van der Waals surface area (Å²) in [6.45, 7) is 29.0. The Balaban J connectivity index is 1.05. The third-order valence-corrected chi connectivity index (χ3v) is 22.6. The van der Waals surface area contributed by atoms with E-state index in [-0.39, 0.29) is 85.0 Å². The van der Waals surface area contributed by atoms with E-state index >= 15 is 0 Å². The van der Waals surface area contributed by atoms with Crippen molar-refractivity contribution in [2.45, 2.75) is 268 Å². The molecule has 0 radical (unpaired) electrons. The van der Waals surface area contributed by atoms with Crippen molar-refractivity contribution in [2.75, 3.05) is 46.2 Å². The highest BCUT2D eigenvalue weighted by atomic mass is 16.8. The van der Waals surface area contributed by atoms with Crippen LogP contribution in [0.25, 0.3) is 0 Å². The van der Waals surface area contributed by atoms with Crippen LogP contribution in [0.2, 0.25) is 0 Å². The van der Waals surface area contributed by atoms with Gasteiger partial charge in [0.2, 0.25) is 6.29 Å². The van der Waals surface area contributed by atoms with E-state index in [1.54, 1.807) is 32.9 Å². The van der Waals surface area contributed by atoms with E-state index in [2.05, 4.69) is 0 Å². The number of hydrogen-bond donors (Lipinski definition) is 0. The number of nitro groups is 1. The minimum Gasteiger partial charge on any atom is -0.463 e. The first-order valence-corrected chi connectivity index (χ1v) is 39.3. The van der Waals surface area contributed by atoms with Crippen LogP contribution in [0.15, 0.2) is 48.5 Å². The topological polar surface area (TPSA) is 418 Å². The molecule has 0 N–H and O–H groups in total. The van der Waals surface area contributed by atoms with Gasteiger partial charge < -0.3 is 114 Å². The number of non-ortho nitro benzene ring substituents is 1. The zero-order valence-electron chi connectivity index (χ0n) is 69.0. The second kappa shape index (κ2) is 41.7. The molecule has 0 aromatic heterocycles. The molecule has 7 aliphatic rings. The van der Waals surface area contributed by atoms with Gasteiger partial charge in [-0.25, -0.2) is 4.79 Å². The van der Waals surface area contributed by atoms with Gasteiger partial charge in [-0.3, -0.25) is 48.5 Å². The number of benzene rings is 2. The Morgan fingerprint density at radius 1 is 0.345 bits per heavy atom. The van der Waals surface area contributed by atoms with Crippen molar-refractivity contribution in [3.05, 3.63) is 64.2 Å². The summed E-state index contributed by atoms with van der Waals surface area (Å²) in [6, 6.07) is 11.0. The first-order chi connectivity index (χ1) is 54.8. The number of rotatable bonds is 30. The number of carbonyl (C=O) groups is 9. The largest absolute Gasteiger partial charge is 0.514 e. The molecular formula is C80H113NO35. The lowest BCUT2D eigenvalue weighted by atomic mass is 9.83. The molecule has 36 heteroatoms. The van der Waals surface area contributed by atoms with E-state index in [0.717, 1.165) is 19.1 Å². The minimum absolute atomic E-state index is 0.00681. The molecule has 36 nitrogen and oxygen atoms in total. The second-order valence-electron chi connectivity index (χ2n) is 31.4. The summed E-state index contributed by atoms with van der Waals surface area (Å²) in [5.74, 6) is -10.2. The molecule has 2 aromatic rings. The lowest BCUT2D eigenvalue weighted by Gasteiger charge is -2.52. The molecule has 7 aliphatic heterocycles. The quantitative estimate of drug-likeness (QED) is 0.0235. The Kier molecular flexibility index (Phi) is 33.1. The average molecular weight is 1650 g/mol. The molecule has 9 rings (SSSR count). The predicted octanol–water partition coefficient (Wildman–Crippen LogP) is 7.95. The summed E-state index contributed by atoms with van der Waals surface area (Å²) >= 11 is 0. The van der Waals surface area contributed by atoms with Gasteiger partial charge >= 0.3 is 53.9 Å². The van der Waals surface area contributed by atoms with Gasteiger partial charge in [0.15, 0.2) is 80.5 Å². The van der Waals surface area contributed by atoms with Crippen molar-refractivity contribution in [3.63, 3.8) is 0 Å². The Morgan fingerprint density at radius 3 is 1.01 bits per heavy atom. The standard InChI is InChI=1S/C80H113NO35/c1-36-28-94-73(66(39(36)4)101-48(13)83)97-32-59-42(7)43(8)69(104-51(16)86)77(110-59)114-64-45(10)71(106-53(18)88)79(112-61(64)34-98-74-67(102-49(14)84)40(5)37(2)29-95-74)116-65-46(11)72(107-54(19)89)78(113-62(65)35-99-75-68(103-50(15)85)41(6)38(3)30-96-75)115-63-44(9)70(105-52(17)87)76(111-60(63)33-93-47(12)82)108-57-24-20-55(21-25-57)31-100-80(90)109-58-26-22-56(23-27-58)81(91)92/h20-27,36-46,59-79H,28-35H2,1-19H3/t36-,37-,38-,39+,40?,41+,42+,43+,44?,45?,46+,59?,60+,61+,62?,63+,64+,65+,66?,67?,68?,69?,70?,71?,72?,73-,74-,75-,76-,77+,78+,79+/m1/s1. The molecule has 12 unspecified atom stereocenters. The van der Waals surface area contributed by atoms with Crippen molar-refractivity contribution < 1.29 is 162 Å². The normalized spacial score (nSPS) is 37.2.